The quantitative estimate of drug-likeness (QED) is 0.503. The van der Waals surface area contributed by atoms with Gasteiger partial charge in [0.25, 0.3) is 5.91 Å². The van der Waals surface area contributed by atoms with E-state index in [2.05, 4.69) is 9.84 Å². The number of amides is 1. The lowest BCUT2D eigenvalue weighted by Gasteiger charge is -2.11. The summed E-state index contributed by atoms with van der Waals surface area (Å²) in [6.45, 7) is 8.74. The van der Waals surface area contributed by atoms with Gasteiger partial charge in [0, 0.05) is 5.56 Å². The molecule has 0 unspecified atom stereocenters. The van der Waals surface area contributed by atoms with Gasteiger partial charge in [0.2, 0.25) is 0 Å². The zero-order valence-corrected chi connectivity index (χ0v) is 11.4. The molecule has 0 aliphatic carbocycles. The molecule has 104 valence electrons. The zero-order chi connectivity index (χ0) is 15.4. The largest absolute Gasteiger partial charge is 0.507 e. The predicted octanol–water partition coefficient (Wildman–Crippen LogP) is 3.13. The number of rotatable bonds is 2. The number of amidine groups is 1. The van der Waals surface area contributed by atoms with Crippen LogP contribution in [0, 0.1) is 6.57 Å². The minimum Gasteiger partial charge on any atom is -0.507 e. The number of benzene rings is 2. The highest BCUT2D eigenvalue weighted by molar-refractivity contribution is 6.10. The van der Waals surface area contributed by atoms with E-state index in [-0.39, 0.29) is 22.8 Å². The lowest BCUT2D eigenvalue weighted by molar-refractivity contribution is 0.100. The molecular weight excluding hydrogens is 266 g/mol. The van der Waals surface area contributed by atoms with E-state index in [1.165, 1.54) is 19.1 Å². The van der Waals surface area contributed by atoms with Crippen LogP contribution in [0.5, 0.6) is 5.75 Å². The molecule has 21 heavy (non-hydrogen) atoms. The number of phenols is 1. The van der Waals surface area contributed by atoms with Crippen molar-refractivity contribution in [2.75, 3.05) is 0 Å². The Hall–Kier alpha value is -3.13. The first-order valence-electron chi connectivity index (χ1n) is 6.18. The Labute approximate surface area is 122 Å². The molecule has 5 heteroatoms. The summed E-state index contributed by atoms with van der Waals surface area (Å²) in [6, 6.07) is 11.7. The number of carbonyl (C=O) groups is 1. The molecule has 3 N–H and O–H groups in total. The molecule has 0 radical (unpaired) electrons. The third kappa shape index (κ3) is 2.90. The second-order valence-electron chi connectivity index (χ2n) is 4.39. The lowest BCUT2D eigenvalue weighted by Crippen LogP contribution is -2.10. The highest BCUT2D eigenvalue weighted by atomic mass is 16.3. The molecule has 0 spiro atoms. The maximum absolute atomic E-state index is 12.2. The first kappa shape index (κ1) is 14.3. The normalized spacial score (nSPS) is 11.0. The Kier molecular flexibility index (Phi) is 4.00. The Balaban J connectivity index is 2.78. The maximum Gasteiger partial charge on any atom is 0.281 e. The molecule has 0 aliphatic heterocycles. The van der Waals surface area contributed by atoms with Gasteiger partial charge in [-0.25, -0.2) is 4.85 Å². The van der Waals surface area contributed by atoms with Crippen LogP contribution >= 0.6 is 0 Å². The molecule has 0 aromatic heterocycles. The van der Waals surface area contributed by atoms with Gasteiger partial charge in [-0.05, 0) is 18.6 Å². The van der Waals surface area contributed by atoms with Crippen LogP contribution < -0.4 is 5.73 Å². The van der Waals surface area contributed by atoms with Crippen molar-refractivity contribution in [2.24, 2.45) is 10.7 Å². The summed E-state index contributed by atoms with van der Waals surface area (Å²) in [4.78, 5) is 19.3. The molecule has 1 amide bonds. The molecule has 0 atom stereocenters. The van der Waals surface area contributed by atoms with Crippen molar-refractivity contribution in [1.82, 2.24) is 0 Å². The summed E-state index contributed by atoms with van der Waals surface area (Å²) < 4.78 is 0. The van der Waals surface area contributed by atoms with Gasteiger partial charge < -0.3 is 10.8 Å². The van der Waals surface area contributed by atoms with Crippen LogP contribution in [0.4, 0.5) is 5.69 Å². The van der Waals surface area contributed by atoms with Crippen molar-refractivity contribution in [2.45, 2.75) is 6.92 Å². The predicted molar refractivity (Wildman–Crippen MR) is 81.4 cm³/mol. The van der Waals surface area contributed by atoms with Gasteiger partial charge >= 0.3 is 0 Å². The number of carbonyl (C=O) groups excluding carboxylic acids is 1. The molecule has 2 aromatic rings. The van der Waals surface area contributed by atoms with E-state index in [1.807, 2.05) is 6.07 Å². The number of aromatic hydroxyl groups is 1. The van der Waals surface area contributed by atoms with Crippen molar-refractivity contribution < 1.29 is 9.90 Å². The average Bonchev–Trinajstić information content (AvgIpc) is 2.46. The van der Waals surface area contributed by atoms with Crippen LogP contribution in [0.1, 0.15) is 17.3 Å². The fraction of sp³-hybridized carbons (Fsp3) is 0.0625. The van der Waals surface area contributed by atoms with Crippen LogP contribution in [0.2, 0.25) is 0 Å². The fourth-order valence-electron chi connectivity index (χ4n) is 2.00. The molecule has 5 nitrogen and oxygen atoms in total. The third-order valence-electron chi connectivity index (χ3n) is 2.84. The Morgan fingerprint density at radius 3 is 2.48 bits per heavy atom. The van der Waals surface area contributed by atoms with Crippen molar-refractivity contribution in [3.8, 4) is 16.9 Å². The average molecular weight is 279 g/mol. The van der Waals surface area contributed by atoms with Gasteiger partial charge in [0.1, 0.15) is 11.6 Å². The van der Waals surface area contributed by atoms with Gasteiger partial charge in [-0.15, -0.1) is 0 Å². The number of hydrogen-bond acceptors (Lipinski definition) is 2. The van der Waals surface area contributed by atoms with Gasteiger partial charge in [-0.1, -0.05) is 36.4 Å². The van der Waals surface area contributed by atoms with Gasteiger partial charge in [0.15, 0.2) is 5.69 Å². The Bertz CT molecular complexity index is 755. The number of hydrogen-bond donors (Lipinski definition) is 2. The smallest absolute Gasteiger partial charge is 0.281 e. The summed E-state index contributed by atoms with van der Waals surface area (Å²) in [5.74, 6) is -0.806. The minimum absolute atomic E-state index is 0.0144. The lowest BCUT2D eigenvalue weighted by atomic mass is 9.96. The third-order valence-corrected chi connectivity index (χ3v) is 2.84. The van der Waals surface area contributed by atoms with Crippen LogP contribution in [0.3, 0.4) is 0 Å². The molecule has 2 aromatic carbocycles. The zero-order valence-electron chi connectivity index (χ0n) is 11.4. The fourth-order valence-corrected chi connectivity index (χ4v) is 2.00. The SMILES string of the molecule is [C-]#[N+]c1ccc(O)c(C(=O)N=C(C)N)c1-c1ccccc1. The van der Waals surface area contributed by atoms with Crippen LogP contribution in [-0.4, -0.2) is 16.8 Å². The van der Waals surface area contributed by atoms with Crippen molar-refractivity contribution in [3.05, 3.63) is 59.4 Å². The van der Waals surface area contributed by atoms with E-state index in [0.717, 1.165) is 0 Å². The summed E-state index contributed by atoms with van der Waals surface area (Å²) in [7, 11) is 0. The maximum atomic E-state index is 12.2. The van der Waals surface area contributed by atoms with E-state index in [9.17, 15) is 9.90 Å². The van der Waals surface area contributed by atoms with Gasteiger partial charge in [0.05, 0.1) is 12.1 Å². The Morgan fingerprint density at radius 2 is 1.90 bits per heavy atom. The van der Waals surface area contributed by atoms with Gasteiger partial charge in [-0.3, -0.25) is 4.79 Å². The second-order valence-corrected chi connectivity index (χ2v) is 4.39. The number of nitrogens with zero attached hydrogens (tertiary/aromatic N) is 2. The molecule has 0 heterocycles. The monoisotopic (exact) mass is 279 g/mol. The van der Waals surface area contributed by atoms with Gasteiger partial charge in [-0.2, -0.15) is 4.99 Å². The molecule has 2 rings (SSSR count). The first-order chi connectivity index (χ1) is 10.0. The molecule has 0 saturated heterocycles. The Morgan fingerprint density at radius 1 is 1.24 bits per heavy atom. The number of nitrogens with two attached hydrogens (primary N) is 1. The summed E-state index contributed by atoms with van der Waals surface area (Å²) in [6.07, 6.45) is 0. The highest BCUT2D eigenvalue weighted by Crippen LogP contribution is 2.38. The number of aliphatic imine (C=N–C) groups is 1. The van der Waals surface area contributed by atoms with Crippen molar-refractivity contribution in [1.29, 1.82) is 0 Å². The number of phenolic OH excluding ortho intramolecular Hbond substituents is 1. The van der Waals surface area contributed by atoms with Crippen molar-refractivity contribution in [3.63, 3.8) is 0 Å². The highest BCUT2D eigenvalue weighted by Gasteiger charge is 2.20. The molecule has 0 aliphatic rings. The molecular formula is C16H13N3O2. The minimum atomic E-state index is -0.670. The second kappa shape index (κ2) is 5.88. The van der Waals surface area contributed by atoms with Crippen LogP contribution in [0.15, 0.2) is 47.5 Å². The molecule has 0 bridgehead atoms. The van der Waals surface area contributed by atoms with Crippen molar-refractivity contribution >= 4 is 17.4 Å². The molecule has 0 fully saturated rings. The topological polar surface area (TPSA) is 80.0 Å². The van der Waals surface area contributed by atoms with E-state index in [4.69, 9.17) is 12.3 Å². The summed E-state index contributed by atoms with van der Waals surface area (Å²) in [5.41, 5.74) is 6.70. The van der Waals surface area contributed by atoms with E-state index >= 15 is 0 Å². The van der Waals surface area contributed by atoms with E-state index in [1.54, 1.807) is 24.3 Å². The van der Waals surface area contributed by atoms with E-state index < -0.39 is 5.91 Å². The van der Waals surface area contributed by atoms with Crippen LogP contribution in [-0.2, 0) is 0 Å². The van der Waals surface area contributed by atoms with Crippen LogP contribution in [0.25, 0.3) is 16.0 Å². The summed E-state index contributed by atoms with van der Waals surface area (Å²) in [5, 5.41) is 10.0. The van der Waals surface area contributed by atoms with E-state index in [0.29, 0.717) is 11.1 Å². The first-order valence-corrected chi connectivity index (χ1v) is 6.18. The standard InChI is InChI=1S/C16H13N3O2/c1-10(17)19-16(21)15-13(20)9-8-12(18-2)14(15)11-6-4-3-5-7-11/h3-9,20H,1H3,(H2,17,19,21). The summed E-state index contributed by atoms with van der Waals surface area (Å²) >= 11 is 0. The molecule has 0 saturated carbocycles.